The SMILES string of the molecule is CC(C)S(=O)(=O)N(CC(=O)Nc1ccc(OC(F)F)cc1)c1ccccc1F. The van der Waals surface area contributed by atoms with E-state index in [1.165, 1.54) is 56.3 Å². The van der Waals surface area contributed by atoms with Crippen molar-refractivity contribution in [3.8, 4) is 5.75 Å². The van der Waals surface area contributed by atoms with Crippen LogP contribution in [0, 0.1) is 5.82 Å². The van der Waals surface area contributed by atoms with Gasteiger partial charge in [-0.2, -0.15) is 8.78 Å². The molecule has 2 aromatic rings. The first-order chi connectivity index (χ1) is 13.1. The number of ether oxygens (including phenoxy) is 1. The minimum Gasteiger partial charge on any atom is -0.435 e. The summed E-state index contributed by atoms with van der Waals surface area (Å²) in [6.07, 6.45) is 0. The van der Waals surface area contributed by atoms with Gasteiger partial charge in [0.2, 0.25) is 15.9 Å². The van der Waals surface area contributed by atoms with Crippen molar-refractivity contribution in [3.05, 3.63) is 54.3 Å². The fourth-order valence-electron chi connectivity index (χ4n) is 2.27. The van der Waals surface area contributed by atoms with Crippen LogP contribution in [0.15, 0.2) is 48.5 Å². The van der Waals surface area contributed by atoms with E-state index in [9.17, 15) is 26.4 Å². The van der Waals surface area contributed by atoms with E-state index >= 15 is 0 Å². The van der Waals surface area contributed by atoms with Crippen LogP contribution in [0.3, 0.4) is 0 Å². The predicted octanol–water partition coefficient (Wildman–Crippen LogP) is 3.61. The zero-order chi connectivity index (χ0) is 20.9. The number of halogens is 3. The lowest BCUT2D eigenvalue weighted by Gasteiger charge is -2.26. The third kappa shape index (κ3) is 5.38. The second kappa shape index (κ2) is 8.96. The summed E-state index contributed by atoms with van der Waals surface area (Å²) in [5, 5.41) is 1.56. The van der Waals surface area contributed by atoms with Crippen LogP contribution >= 0.6 is 0 Å². The van der Waals surface area contributed by atoms with E-state index in [-0.39, 0.29) is 17.1 Å². The van der Waals surface area contributed by atoms with Gasteiger partial charge in [0.05, 0.1) is 10.9 Å². The monoisotopic (exact) mass is 416 g/mol. The summed E-state index contributed by atoms with van der Waals surface area (Å²) < 4.78 is 68.6. The van der Waals surface area contributed by atoms with Gasteiger partial charge in [0.25, 0.3) is 0 Å². The Kier molecular flexibility index (Phi) is 6.90. The topological polar surface area (TPSA) is 75.7 Å². The standard InChI is InChI=1S/C18H19F3N2O4S/c1-12(2)28(25,26)23(16-6-4-3-5-15(16)19)11-17(24)22-13-7-9-14(10-8-13)27-18(20)21/h3-10,12,18H,11H2,1-2H3,(H,22,24). The van der Waals surface area contributed by atoms with Gasteiger partial charge in [-0.05, 0) is 50.2 Å². The third-order valence-electron chi connectivity index (χ3n) is 3.67. The summed E-state index contributed by atoms with van der Waals surface area (Å²) in [7, 11) is -3.99. The van der Waals surface area contributed by atoms with Crippen LogP contribution < -0.4 is 14.4 Å². The lowest BCUT2D eigenvalue weighted by atomic mass is 10.3. The highest BCUT2D eigenvalue weighted by atomic mass is 32.2. The molecule has 0 heterocycles. The number of nitrogens with zero attached hydrogens (tertiary/aromatic N) is 1. The lowest BCUT2D eigenvalue weighted by Crippen LogP contribution is -2.42. The van der Waals surface area contributed by atoms with Gasteiger partial charge >= 0.3 is 6.61 Å². The molecule has 2 aromatic carbocycles. The normalized spacial score (nSPS) is 11.5. The summed E-state index contributed by atoms with van der Waals surface area (Å²) in [4.78, 5) is 12.3. The Hall–Kier alpha value is -2.75. The Labute approximate surface area is 161 Å². The molecule has 0 aliphatic rings. The van der Waals surface area contributed by atoms with E-state index in [4.69, 9.17) is 0 Å². The van der Waals surface area contributed by atoms with Gasteiger partial charge in [-0.1, -0.05) is 12.1 Å². The van der Waals surface area contributed by atoms with Crippen molar-refractivity contribution in [3.63, 3.8) is 0 Å². The van der Waals surface area contributed by atoms with Crippen molar-refractivity contribution in [1.29, 1.82) is 0 Å². The maximum absolute atomic E-state index is 14.1. The molecule has 0 saturated carbocycles. The molecule has 1 N–H and O–H groups in total. The van der Waals surface area contributed by atoms with Gasteiger partial charge in [0.1, 0.15) is 18.1 Å². The van der Waals surface area contributed by atoms with Crippen LogP contribution in [0.5, 0.6) is 5.75 Å². The second-order valence-corrected chi connectivity index (χ2v) is 8.42. The Morgan fingerprint density at radius 1 is 1.11 bits per heavy atom. The van der Waals surface area contributed by atoms with Crippen molar-refractivity contribution < 1.29 is 31.1 Å². The molecule has 0 spiro atoms. The number of carbonyl (C=O) groups excluding carboxylic acids is 1. The molecule has 0 aromatic heterocycles. The van der Waals surface area contributed by atoms with Crippen molar-refractivity contribution in [1.82, 2.24) is 0 Å². The molecule has 0 aliphatic heterocycles. The minimum absolute atomic E-state index is 0.0941. The number of alkyl halides is 2. The van der Waals surface area contributed by atoms with Gasteiger partial charge < -0.3 is 10.1 Å². The lowest BCUT2D eigenvalue weighted by molar-refractivity contribution is -0.114. The Bertz CT molecular complexity index is 919. The number of amides is 1. The molecular weight excluding hydrogens is 397 g/mol. The van der Waals surface area contributed by atoms with E-state index in [0.29, 0.717) is 4.31 Å². The van der Waals surface area contributed by atoms with Gasteiger partial charge in [-0.25, -0.2) is 12.8 Å². The van der Waals surface area contributed by atoms with Crippen LogP contribution in [-0.2, 0) is 14.8 Å². The number of sulfonamides is 1. The number of nitrogens with one attached hydrogen (secondary N) is 1. The molecule has 0 saturated heterocycles. The van der Waals surface area contributed by atoms with Crippen LogP contribution in [0.4, 0.5) is 24.5 Å². The molecule has 6 nitrogen and oxygen atoms in total. The molecule has 0 atom stereocenters. The number of para-hydroxylation sites is 1. The molecule has 28 heavy (non-hydrogen) atoms. The Morgan fingerprint density at radius 3 is 2.25 bits per heavy atom. The molecule has 0 fully saturated rings. The molecule has 0 aliphatic carbocycles. The van der Waals surface area contributed by atoms with E-state index in [2.05, 4.69) is 10.1 Å². The third-order valence-corrected chi connectivity index (χ3v) is 5.81. The van der Waals surface area contributed by atoms with Gasteiger partial charge in [-0.3, -0.25) is 9.10 Å². The maximum Gasteiger partial charge on any atom is 0.387 e. The Morgan fingerprint density at radius 2 is 1.71 bits per heavy atom. The van der Waals surface area contributed by atoms with E-state index < -0.39 is 40.2 Å². The second-order valence-electron chi connectivity index (χ2n) is 6.00. The van der Waals surface area contributed by atoms with Crippen LogP contribution in [-0.4, -0.2) is 32.7 Å². The minimum atomic E-state index is -3.99. The first-order valence-electron chi connectivity index (χ1n) is 8.22. The Balaban J connectivity index is 2.20. The number of benzene rings is 2. The number of hydrogen-bond acceptors (Lipinski definition) is 4. The van der Waals surface area contributed by atoms with E-state index in [1.54, 1.807) is 0 Å². The highest BCUT2D eigenvalue weighted by Crippen LogP contribution is 2.24. The highest BCUT2D eigenvalue weighted by molar-refractivity contribution is 7.93. The van der Waals surface area contributed by atoms with Crippen LogP contribution in [0.25, 0.3) is 0 Å². The van der Waals surface area contributed by atoms with Crippen molar-refractivity contribution in [2.75, 3.05) is 16.2 Å². The number of rotatable bonds is 8. The summed E-state index contributed by atoms with van der Waals surface area (Å²) in [6, 6.07) is 10.3. The molecule has 10 heteroatoms. The van der Waals surface area contributed by atoms with Gasteiger partial charge in [0.15, 0.2) is 0 Å². The molecule has 0 bridgehead atoms. The maximum atomic E-state index is 14.1. The fourth-order valence-corrected chi connectivity index (χ4v) is 3.50. The predicted molar refractivity (Wildman–Crippen MR) is 99.5 cm³/mol. The molecule has 0 unspecified atom stereocenters. The van der Waals surface area contributed by atoms with Gasteiger partial charge in [-0.15, -0.1) is 0 Å². The van der Waals surface area contributed by atoms with Gasteiger partial charge in [0, 0.05) is 5.69 Å². The van der Waals surface area contributed by atoms with E-state index in [1.807, 2.05) is 0 Å². The van der Waals surface area contributed by atoms with Crippen molar-refractivity contribution >= 4 is 27.3 Å². The van der Waals surface area contributed by atoms with E-state index in [0.717, 1.165) is 6.07 Å². The van der Waals surface area contributed by atoms with Crippen LogP contribution in [0.1, 0.15) is 13.8 Å². The van der Waals surface area contributed by atoms with Crippen molar-refractivity contribution in [2.45, 2.75) is 25.7 Å². The summed E-state index contributed by atoms with van der Waals surface area (Å²) in [5.41, 5.74) is -0.00549. The summed E-state index contributed by atoms with van der Waals surface area (Å²) in [5.74, 6) is -1.61. The number of anilines is 2. The largest absolute Gasteiger partial charge is 0.435 e. The molecule has 1 amide bonds. The summed E-state index contributed by atoms with van der Waals surface area (Å²) >= 11 is 0. The average Bonchev–Trinajstić information content (AvgIpc) is 2.61. The zero-order valence-corrected chi connectivity index (χ0v) is 15.9. The average molecular weight is 416 g/mol. The highest BCUT2D eigenvalue weighted by Gasteiger charge is 2.30. The molecular formula is C18H19F3N2O4S. The molecule has 152 valence electrons. The van der Waals surface area contributed by atoms with Crippen molar-refractivity contribution in [2.24, 2.45) is 0 Å². The first kappa shape index (κ1) is 21.5. The summed E-state index contributed by atoms with van der Waals surface area (Å²) in [6.45, 7) is -0.793. The quantitative estimate of drug-likeness (QED) is 0.713. The molecule has 2 rings (SSSR count). The first-order valence-corrected chi connectivity index (χ1v) is 9.72. The zero-order valence-electron chi connectivity index (χ0n) is 15.1. The fraction of sp³-hybridized carbons (Fsp3) is 0.278. The number of hydrogen-bond donors (Lipinski definition) is 1. The smallest absolute Gasteiger partial charge is 0.387 e. The molecule has 0 radical (unpaired) electrons. The van der Waals surface area contributed by atoms with Crippen LogP contribution in [0.2, 0.25) is 0 Å². The number of carbonyl (C=O) groups is 1.